The van der Waals surface area contributed by atoms with Crippen LogP contribution in [0.5, 0.6) is 11.5 Å². The minimum Gasteiger partial charge on any atom is -0.493 e. The third kappa shape index (κ3) is 3.47. The Kier molecular flexibility index (Phi) is 5.84. The van der Waals surface area contributed by atoms with Crippen LogP contribution in [0.3, 0.4) is 0 Å². The van der Waals surface area contributed by atoms with Crippen molar-refractivity contribution in [3.8, 4) is 11.5 Å². The van der Waals surface area contributed by atoms with Gasteiger partial charge in [-0.15, -0.1) is 0 Å². The van der Waals surface area contributed by atoms with E-state index < -0.39 is 17.5 Å². The molecule has 0 amide bonds. The minimum absolute atomic E-state index is 0.0422. The van der Waals surface area contributed by atoms with Crippen LogP contribution in [0.4, 0.5) is 0 Å². The van der Waals surface area contributed by atoms with Gasteiger partial charge in [0.25, 0.3) is 0 Å². The van der Waals surface area contributed by atoms with Gasteiger partial charge in [-0.25, -0.2) is 0 Å². The molecule has 202 valence electrons. The molecule has 2 aliphatic heterocycles. The zero-order valence-corrected chi connectivity index (χ0v) is 22.6. The van der Waals surface area contributed by atoms with Gasteiger partial charge in [0, 0.05) is 31.7 Å². The van der Waals surface area contributed by atoms with Crippen molar-refractivity contribution in [1.29, 1.82) is 0 Å². The quantitative estimate of drug-likeness (QED) is 0.427. The van der Waals surface area contributed by atoms with E-state index in [9.17, 15) is 0 Å². The first-order valence-corrected chi connectivity index (χ1v) is 13.4. The second-order valence-corrected chi connectivity index (χ2v) is 10.7. The topological polar surface area (TPSA) is 58.6 Å². The van der Waals surface area contributed by atoms with Crippen LogP contribution in [-0.2, 0) is 31.1 Å². The highest BCUT2D eigenvalue weighted by Gasteiger charge is 2.69. The molecule has 0 unspecified atom stereocenters. The van der Waals surface area contributed by atoms with E-state index in [4.69, 9.17) is 28.5 Å². The third-order valence-electron chi connectivity index (χ3n) is 8.89. The molecule has 0 radical (unpaired) electrons. The van der Waals surface area contributed by atoms with Crippen LogP contribution in [0.2, 0.25) is 0 Å². The lowest BCUT2D eigenvalue weighted by molar-refractivity contribution is -0.270. The fourth-order valence-electron chi connectivity index (χ4n) is 7.17. The number of likely N-dealkylation sites (N-methyl/N-ethyl adjacent to an activating group) is 1. The highest BCUT2D eigenvalue weighted by atomic mass is 16.8. The summed E-state index contributed by atoms with van der Waals surface area (Å²) in [6, 6.07) is 24.6. The number of nitrogens with zero attached hydrogens (tertiary/aromatic N) is 1. The number of methoxy groups -OCH3 is 3. The molecule has 0 saturated carbocycles. The molecule has 4 aliphatic rings. The lowest BCUT2D eigenvalue weighted by atomic mass is 9.62. The Morgan fingerprint density at radius 1 is 0.795 bits per heavy atom. The van der Waals surface area contributed by atoms with E-state index >= 15 is 0 Å². The molecule has 6 atom stereocenters. The molecular weight excluding hydrogens is 494 g/mol. The molecule has 3 aromatic carbocycles. The van der Waals surface area contributed by atoms with Crippen molar-refractivity contribution in [2.24, 2.45) is 5.92 Å². The van der Waals surface area contributed by atoms with Gasteiger partial charge in [0.1, 0.15) is 23.9 Å². The highest BCUT2D eigenvalue weighted by molar-refractivity contribution is 5.58. The van der Waals surface area contributed by atoms with E-state index in [0.29, 0.717) is 11.5 Å². The predicted octanol–water partition coefficient (Wildman–Crippen LogP) is 5.13. The van der Waals surface area contributed by atoms with Crippen molar-refractivity contribution in [2.75, 3.05) is 28.4 Å². The Balaban J connectivity index is 1.40. The van der Waals surface area contributed by atoms with Crippen molar-refractivity contribution in [1.82, 2.24) is 5.06 Å². The summed E-state index contributed by atoms with van der Waals surface area (Å²) in [6.07, 6.45) is 3.78. The van der Waals surface area contributed by atoms with Crippen LogP contribution < -0.4 is 9.47 Å². The Morgan fingerprint density at radius 3 is 2.00 bits per heavy atom. The standard InChI is InChI=1S/C32H33NO6/c1-33-23-19-22-15-16-24(34-2)29(35-3)25(22)31(36-4)17-18-32(30(39-33)26(23)31)37-27(20-11-7-5-8-12-20)28(38-32)21-13-9-6-10-14-21/h5-18,23,26-28,30H,19H2,1-4H3/t23-,26-,27-,28-,30+,31+/m1/s1. The SMILES string of the molecule is COc1ccc2c(c1OC)[C@@]1(OC)C=CC3(O[C@H](c4ccccc4)[C@@H](c4ccccc4)O3)[C@H]3ON(C)[C@H](C2)[C@H]31. The molecule has 39 heavy (non-hydrogen) atoms. The van der Waals surface area contributed by atoms with Gasteiger partial charge in [0.15, 0.2) is 11.5 Å². The molecule has 2 aliphatic carbocycles. The van der Waals surface area contributed by atoms with Crippen LogP contribution >= 0.6 is 0 Å². The van der Waals surface area contributed by atoms with Gasteiger partial charge in [-0.05, 0) is 41.3 Å². The predicted molar refractivity (Wildman–Crippen MR) is 144 cm³/mol. The fraction of sp³-hybridized carbons (Fsp3) is 0.375. The second-order valence-electron chi connectivity index (χ2n) is 10.7. The second kappa shape index (κ2) is 9.18. The number of ether oxygens (including phenoxy) is 5. The molecule has 1 spiro atoms. The van der Waals surface area contributed by atoms with Gasteiger partial charge in [-0.1, -0.05) is 66.7 Å². The van der Waals surface area contributed by atoms with E-state index in [-0.39, 0.29) is 24.2 Å². The van der Waals surface area contributed by atoms with Gasteiger partial charge in [-0.3, -0.25) is 4.84 Å². The molecular formula is C32H33NO6. The smallest absolute Gasteiger partial charge is 0.218 e. The van der Waals surface area contributed by atoms with Crippen LogP contribution in [0.25, 0.3) is 0 Å². The van der Waals surface area contributed by atoms with E-state index in [1.54, 1.807) is 21.3 Å². The van der Waals surface area contributed by atoms with Gasteiger partial charge >= 0.3 is 0 Å². The lowest BCUT2D eigenvalue weighted by Gasteiger charge is -2.50. The van der Waals surface area contributed by atoms with Crippen molar-refractivity contribution in [3.05, 3.63) is 107 Å². The summed E-state index contributed by atoms with van der Waals surface area (Å²) >= 11 is 0. The normalized spacial score (nSPS) is 32.2. The summed E-state index contributed by atoms with van der Waals surface area (Å²) in [6.45, 7) is 0. The zero-order chi connectivity index (χ0) is 26.8. The van der Waals surface area contributed by atoms with Crippen LogP contribution in [0.15, 0.2) is 84.9 Å². The third-order valence-corrected chi connectivity index (χ3v) is 8.89. The van der Waals surface area contributed by atoms with Gasteiger partial charge in [0.05, 0.1) is 14.2 Å². The molecule has 0 bridgehead atoms. The van der Waals surface area contributed by atoms with Crippen LogP contribution in [0.1, 0.15) is 34.5 Å². The Hall–Kier alpha value is -3.20. The number of rotatable bonds is 5. The molecule has 2 fully saturated rings. The van der Waals surface area contributed by atoms with Gasteiger partial charge in [-0.2, -0.15) is 5.06 Å². The average molecular weight is 528 g/mol. The average Bonchev–Trinajstić information content (AvgIpc) is 3.55. The van der Waals surface area contributed by atoms with Crippen molar-refractivity contribution in [2.45, 2.75) is 42.2 Å². The first-order chi connectivity index (χ1) is 19.0. The molecule has 7 rings (SSSR count). The first kappa shape index (κ1) is 24.8. The molecule has 7 nitrogen and oxygen atoms in total. The number of hydroxylamine groups is 2. The molecule has 2 saturated heterocycles. The molecule has 3 aromatic rings. The first-order valence-electron chi connectivity index (χ1n) is 13.4. The Morgan fingerprint density at radius 2 is 1.44 bits per heavy atom. The summed E-state index contributed by atoms with van der Waals surface area (Å²) in [4.78, 5) is 6.65. The fourth-order valence-corrected chi connectivity index (χ4v) is 7.17. The van der Waals surface area contributed by atoms with Gasteiger partial charge < -0.3 is 23.7 Å². The number of hydrogen-bond acceptors (Lipinski definition) is 7. The molecule has 0 aromatic heterocycles. The van der Waals surface area contributed by atoms with Crippen LogP contribution in [0, 0.1) is 5.92 Å². The Bertz CT molecular complexity index is 1350. The summed E-state index contributed by atoms with van der Waals surface area (Å²) in [5.41, 5.74) is 3.41. The maximum Gasteiger partial charge on any atom is 0.218 e. The van der Waals surface area contributed by atoms with Crippen molar-refractivity contribution < 1.29 is 28.5 Å². The summed E-state index contributed by atoms with van der Waals surface area (Å²) < 4.78 is 32.0. The largest absolute Gasteiger partial charge is 0.493 e. The lowest BCUT2D eigenvalue weighted by Crippen LogP contribution is -2.59. The van der Waals surface area contributed by atoms with E-state index in [1.165, 1.54) is 0 Å². The van der Waals surface area contributed by atoms with Crippen LogP contribution in [-0.4, -0.2) is 51.4 Å². The molecule has 0 N–H and O–H groups in total. The maximum absolute atomic E-state index is 6.98. The molecule has 2 heterocycles. The summed E-state index contributed by atoms with van der Waals surface area (Å²) in [5, 5.41) is 1.96. The van der Waals surface area contributed by atoms with Crippen molar-refractivity contribution >= 4 is 0 Å². The minimum atomic E-state index is -1.11. The summed E-state index contributed by atoms with van der Waals surface area (Å²) in [5.74, 6) is 0.115. The van der Waals surface area contributed by atoms with Gasteiger partial charge in [0.2, 0.25) is 5.79 Å². The molecule has 7 heteroatoms. The number of benzene rings is 3. The zero-order valence-electron chi connectivity index (χ0n) is 22.6. The summed E-state index contributed by atoms with van der Waals surface area (Å²) in [7, 11) is 7.07. The van der Waals surface area contributed by atoms with E-state index in [0.717, 1.165) is 28.7 Å². The number of fused-ring (bicyclic) bond motifs is 3. The van der Waals surface area contributed by atoms with E-state index in [2.05, 4.69) is 36.4 Å². The number of hydrogen-bond donors (Lipinski definition) is 0. The van der Waals surface area contributed by atoms with Crippen molar-refractivity contribution in [3.63, 3.8) is 0 Å². The Labute approximate surface area is 228 Å². The highest BCUT2D eigenvalue weighted by Crippen LogP contribution is 2.62. The van der Waals surface area contributed by atoms with E-state index in [1.807, 2.05) is 60.7 Å². The monoisotopic (exact) mass is 527 g/mol. The maximum atomic E-state index is 6.98.